The Hall–Kier alpha value is -2.14. The Morgan fingerprint density at radius 2 is 2.24 bits per heavy atom. The van der Waals surface area contributed by atoms with Crippen LogP contribution in [0.5, 0.6) is 0 Å². The highest BCUT2D eigenvalue weighted by molar-refractivity contribution is 7.17. The third-order valence-electron chi connectivity index (χ3n) is 2.61. The number of rotatable bonds is 2. The van der Waals surface area contributed by atoms with Gasteiger partial charge in [0.15, 0.2) is 6.29 Å². The van der Waals surface area contributed by atoms with E-state index in [1.54, 1.807) is 12.4 Å². The van der Waals surface area contributed by atoms with Crippen LogP contribution in [0.2, 0.25) is 0 Å². The fraction of sp³-hybridized carbons (Fsp3) is 0. The summed E-state index contributed by atoms with van der Waals surface area (Å²) in [5.74, 6) is 0. The van der Waals surface area contributed by atoms with Crippen LogP contribution in [-0.4, -0.2) is 16.3 Å². The summed E-state index contributed by atoms with van der Waals surface area (Å²) in [4.78, 5) is 19.7. The summed E-state index contributed by atoms with van der Waals surface area (Å²) in [6.07, 6.45) is 4.32. The molecule has 3 rings (SSSR count). The molecule has 0 spiro atoms. The van der Waals surface area contributed by atoms with Gasteiger partial charge in [-0.05, 0) is 18.2 Å². The van der Waals surface area contributed by atoms with Gasteiger partial charge in [0.1, 0.15) is 5.65 Å². The van der Waals surface area contributed by atoms with E-state index in [9.17, 15) is 4.79 Å². The van der Waals surface area contributed by atoms with Crippen molar-refractivity contribution in [2.45, 2.75) is 0 Å². The Morgan fingerprint density at radius 3 is 3.00 bits per heavy atom. The lowest BCUT2D eigenvalue weighted by atomic mass is 10.1. The van der Waals surface area contributed by atoms with Crippen LogP contribution < -0.4 is 5.73 Å². The van der Waals surface area contributed by atoms with Crippen molar-refractivity contribution < 1.29 is 4.79 Å². The van der Waals surface area contributed by atoms with Crippen molar-refractivity contribution in [3.8, 4) is 10.4 Å². The number of carbonyl (C=O) groups is 1. The van der Waals surface area contributed by atoms with Gasteiger partial charge in [-0.15, -0.1) is 11.3 Å². The highest BCUT2D eigenvalue weighted by atomic mass is 32.1. The molecule has 3 aromatic rings. The first-order valence-electron chi connectivity index (χ1n) is 5.06. The highest BCUT2D eigenvalue weighted by Gasteiger charge is 2.10. The lowest BCUT2D eigenvalue weighted by molar-refractivity contribution is 0.112. The molecule has 5 heteroatoms. The number of hydrogen-bond acceptors (Lipinski definition) is 4. The molecule has 3 aromatic heterocycles. The molecule has 84 valence electrons. The number of pyridine rings is 1. The molecule has 0 saturated carbocycles. The molecule has 0 aliphatic carbocycles. The van der Waals surface area contributed by atoms with Gasteiger partial charge in [0.25, 0.3) is 0 Å². The van der Waals surface area contributed by atoms with Gasteiger partial charge in [-0.2, -0.15) is 0 Å². The molecule has 3 heterocycles. The predicted octanol–water partition coefficient (Wildman–Crippen LogP) is 2.69. The summed E-state index contributed by atoms with van der Waals surface area (Å²) >= 11 is 1.45. The van der Waals surface area contributed by atoms with E-state index in [1.807, 2.05) is 18.2 Å². The standard InChI is InChI=1S/C12H9N3OS/c13-9-5-15-12-11(9)8(3-4-14-12)10-2-1-7(6-16)17-10/h1-6H,13H2,(H,14,15). The van der Waals surface area contributed by atoms with Crippen LogP contribution >= 0.6 is 11.3 Å². The number of hydrogen-bond donors (Lipinski definition) is 2. The molecule has 3 N–H and O–H groups in total. The summed E-state index contributed by atoms with van der Waals surface area (Å²) in [6, 6.07) is 5.64. The number of nitrogen functional groups attached to an aromatic ring is 1. The van der Waals surface area contributed by atoms with Crippen LogP contribution in [0.15, 0.2) is 30.6 Å². The first kappa shape index (κ1) is 10.0. The van der Waals surface area contributed by atoms with E-state index < -0.39 is 0 Å². The maximum Gasteiger partial charge on any atom is 0.160 e. The lowest BCUT2D eigenvalue weighted by Crippen LogP contribution is -1.84. The number of nitrogens with one attached hydrogen (secondary N) is 1. The fourth-order valence-corrected chi connectivity index (χ4v) is 2.70. The van der Waals surface area contributed by atoms with Gasteiger partial charge in [0.2, 0.25) is 0 Å². The second kappa shape index (κ2) is 3.71. The molecule has 0 aliphatic heterocycles. The van der Waals surface area contributed by atoms with Crippen molar-refractivity contribution in [3.63, 3.8) is 0 Å². The smallest absolute Gasteiger partial charge is 0.160 e. The molecular formula is C12H9N3OS. The molecule has 0 radical (unpaired) electrons. The number of H-pyrrole nitrogens is 1. The Morgan fingerprint density at radius 1 is 1.35 bits per heavy atom. The molecule has 0 saturated heterocycles. The molecule has 0 atom stereocenters. The predicted molar refractivity (Wildman–Crippen MR) is 69.2 cm³/mol. The van der Waals surface area contributed by atoms with Crippen molar-refractivity contribution in [1.82, 2.24) is 9.97 Å². The number of nitrogens with two attached hydrogens (primary N) is 1. The van der Waals surface area contributed by atoms with Crippen molar-refractivity contribution >= 4 is 34.3 Å². The van der Waals surface area contributed by atoms with Crippen LogP contribution in [-0.2, 0) is 0 Å². The van der Waals surface area contributed by atoms with Gasteiger partial charge in [-0.25, -0.2) is 4.98 Å². The number of nitrogens with zero attached hydrogens (tertiary/aromatic N) is 1. The Balaban J connectivity index is 2.29. The van der Waals surface area contributed by atoms with Gasteiger partial charge in [0, 0.05) is 22.8 Å². The summed E-state index contributed by atoms with van der Waals surface area (Å²) < 4.78 is 0. The molecule has 0 unspecified atom stereocenters. The van der Waals surface area contributed by atoms with Gasteiger partial charge in [0.05, 0.1) is 16.0 Å². The summed E-state index contributed by atoms with van der Waals surface area (Å²) in [7, 11) is 0. The first-order valence-corrected chi connectivity index (χ1v) is 5.88. The fourth-order valence-electron chi connectivity index (χ4n) is 1.85. The first-order chi connectivity index (χ1) is 8.29. The van der Waals surface area contributed by atoms with E-state index in [-0.39, 0.29) is 0 Å². The van der Waals surface area contributed by atoms with Crippen LogP contribution in [0.25, 0.3) is 21.5 Å². The third-order valence-corrected chi connectivity index (χ3v) is 3.66. The minimum absolute atomic E-state index is 0.671. The van der Waals surface area contributed by atoms with Crippen LogP contribution in [0.1, 0.15) is 9.67 Å². The lowest BCUT2D eigenvalue weighted by Gasteiger charge is -2.00. The molecule has 0 aliphatic rings. The van der Waals surface area contributed by atoms with Crippen LogP contribution in [0.4, 0.5) is 5.69 Å². The largest absolute Gasteiger partial charge is 0.397 e. The zero-order valence-corrected chi connectivity index (χ0v) is 9.62. The topological polar surface area (TPSA) is 71.8 Å². The van der Waals surface area contributed by atoms with Crippen LogP contribution in [0, 0.1) is 0 Å². The van der Waals surface area contributed by atoms with Gasteiger partial charge in [-0.3, -0.25) is 4.79 Å². The highest BCUT2D eigenvalue weighted by Crippen LogP contribution is 2.34. The van der Waals surface area contributed by atoms with Crippen molar-refractivity contribution in [1.29, 1.82) is 0 Å². The average Bonchev–Trinajstić information content (AvgIpc) is 2.96. The summed E-state index contributed by atoms with van der Waals surface area (Å²) in [5, 5.41) is 0.909. The quantitative estimate of drug-likeness (QED) is 0.680. The van der Waals surface area contributed by atoms with Crippen molar-refractivity contribution in [3.05, 3.63) is 35.5 Å². The molecule has 0 fully saturated rings. The average molecular weight is 243 g/mol. The molecular weight excluding hydrogens is 234 g/mol. The van der Waals surface area contributed by atoms with Gasteiger partial charge in [-0.1, -0.05) is 0 Å². The number of anilines is 1. The van der Waals surface area contributed by atoms with E-state index in [0.717, 1.165) is 27.8 Å². The van der Waals surface area contributed by atoms with E-state index in [0.29, 0.717) is 10.6 Å². The maximum atomic E-state index is 10.7. The second-order valence-corrected chi connectivity index (χ2v) is 4.76. The minimum Gasteiger partial charge on any atom is -0.397 e. The van der Waals surface area contributed by atoms with Gasteiger partial charge < -0.3 is 10.7 Å². The Kier molecular flexibility index (Phi) is 2.19. The third kappa shape index (κ3) is 1.52. The van der Waals surface area contributed by atoms with E-state index in [1.165, 1.54) is 11.3 Å². The molecule has 0 aromatic carbocycles. The molecule has 0 amide bonds. The number of fused-ring (bicyclic) bond motifs is 1. The number of aromatic amines is 1. The Labute approximate surface area is 101 Å². The summed E-state index contributed by atoms with van der Waals surface area (Å²) in [6.45, 7) is 0. The second-order valence-electron chi connectivity index (χ2n) is 3.65. The zero-order valence-electron chi connectivity index (χ0n) is 8.81. The normalized spacial score (nSPS) is 10.8. The Bertz CT molecular complexity index is 699. The number of aldehydes is 1. The maximum absolute atomic E-state index is 10.7. The monoisotopic (exact) mass is 243 g/mol. The van der Waals surface area contributed by atoms with Crippen molar-refractivity contribution in [2.24, 2.45) is 0 Å². The molecule has 0 bridgehead atoms. The zero-order chi connectivity index (χ0) is 11.8. The number of carbonyl (C=O) groups excluding carboxylic acids is 1. The number of thiophene rings is 1. The molecule has 4 nitrogen and oxygen atoms in total. The van der Waals surface area contributed by atoms with Crippen LogP contribution in [0.3, 0.4) is 0 Å². The van der Waals surface area contributed by atoms with Crippen molar-refractivity contribution in [2.75, 3.05) is 5.73 Å². The van der Waals surface area contributed by atoms with E-state index >= 15 is 0 Å². The van der Waals surface area contributed by atoms with Gasteiger partial charge >= 0.3 is 0 Å². The van der Waals surface area contributed by atoms with E-state index in [4.69, 9.17) is 5.73 Å². The minimum atomic E-state index is 0.671. The molecule has 17 heavy (non-hydrogen) atoms. The van der Waals surface area contributed by atoms with E-state index in [2.05, 4.69) is 9.97 Å². The SMILES string of the molecule is Nc1c[nH]c2nccc(-c3ccc(C=O)s3)c12. The number of aromatic nitrogens is 2. The summed E-state index contributed by atoms with van der Waals surface area (Å²) in [5.41, 5.74) is 8.36.